The number of rotatable bonds is 11. The number of amides is 1. The molecule has 2 aromatic carbocycles. The molecule has 0 heterocycles. The lowest BCUT2D eigenvalue weighted by atomic mass is 10.1. The van der Waals surface area contributed by atoms with E-state index < -0.39 is 5.82 Å². The van der Waals surface area contributed by atoms with Gasteiger partial charge in [-0.2, -0.15) is 0 Å². The summed E-state index contributed by atoms with van der Waals surface area (Å²) in [6.07, 6.45) is 3.23. The molecule has 182 valence electrons. The second-order valence-electron chi connectivity index (χ2n) is 7.90. The zero-order valence-corrected chi connectivity index (χ0v) is 20.6. The number of benzene rings is 2. The zero-order valence-electron chi connectivity index (χ0n) is 19.8. The fraction of sp³-hybridized carbons (Fsp3) is 0.320. The Balaban J connectivity index is 1.85. The van der Waals surface area contributed by atoms with Crippen LogP contribution in [0.3, 0.4) is 0 Å². The standard InChI is InChI=1S/C25H29F2N3O3S/c1-6-21(32-4)24(25(30(3)14-31)28-20-9-7-15(2)11-18(20)26)29-34-23-13-17(23)16-8-10-22(33-5)19(27)12-16/h6-12,14,17,23,28-29H,13H2,1-5H3/b21-6+,25-24+. The minimum atomic E-state index is -0.438. The van der Waals surface area contributed by atoms with Crippen molar-refractivity contribution >= 4 is 24.0 Å². The number of carbonyl (C=O) groups excluding carboxylic acids is 1. The first-order chi connectivity index (χ1) is 16.3. The topological polar surface area (TPSA) is 62.8 Å². The minimum Gasteiger partial charge on any atom is -0.495 e. The van der Waals surface area contributed by atoms with Crippen LogP contribution in [-0.4, -0.2) is 37.8 Å². The molecule has 2 aromatic rings. The second kappa shape index (κ2) is 11.3. The molecule has 0 saturated heterocycles. The summed E-state index contributed by atoms with van der Waals surface area (Å²) in [5.74, 6) is 0.360. The van der Waals surface area contributed by atoms with Crippen LogP contribution < -0.4 is 14.8 Å². The van der Waals surface area contributed by atoms with Crippen molar-refractivity contribution in [1.29, 1.82) is 0 Å². The number of ether oxygens (including phenoxy) is 2. The van der Waals surface area contributed by atoms with Gasteiger partial charge in [0.1, 0.15) is 23.1 Å². The summed E-state index contributed by atoms with van der Waals surface area (Å²) in [4.78, 5) is 13.0. The Labute approximate surface area is 203 Å². The molecule has 6 nitrogen and oxygen atoms in total. The normalized spacial score (nSPS) is 18.0. The Morgan fingerprint density at radius 1 is 1.18 bits per heavy atom. The molecule has 34 heavy (non-hydrogen) atoms. The third-order valence-electron chi connectivity index (χ3n) is 5.50. The van der Waals surface area contributed by atoms with Gasteiger partial charge in [-0.05, 0) is 79.6 Å². The number of nitrogens with zero attached hydrogens (tertiary/aromatic N) is 1. The molecule has 0 spiro atoms. The molecule has 3 rings (SSSR count). The molecule has 0 aliphatic heterocycles. The first kappa shape index (κ1) is 25.4. The number of methoxy groups -OCH3 is 2. The number of anilines is 1. The van der Waals surface area contributed by atoms with E-state index in [4.69, 9.17) is 9.47 Å². The van der Waals surface area contributed by atoms with Crippen molar-refractivity contribution in [2.24, 2.45) is 0 Å². The van der Waals surface area contributed by atoms with E-state index in [9.17, 15) is 13.6 Å². The van der Waals surface area contributed by atoms with Crippen molar-refractivity contribution in [3.05, 3.63) is 82.5 Å². The highest BCUT2D eigenvalue weighted by molar-refractivity contribution is 7.98. The molecular formula is C25H29F2N3O3S. The lowest BCUT2D eigenvalue weighted by molar-refractivity contribution is -0.115. The summed E-state index contributed by atoms with van der Waals surface area (Å²) < 4.78 is 42.5. The maximum atomic E-state index is 14.6. The molecule has 1 fully saturated rings. The van der Waals surface area contributed by atoms with E-state index in [1.54, 1.807) is 45.2 Å². The molecule has 1 amide bonds. The van der Waals surface area contributed by atoms with E-state index in [1.807, 2.05) is 6.07 Å². The van der Waals surface area contributed by atoms with Gasteiger partial charge < -0.3 is 24.4 Å². The predicted molar refractivity (Wildman–Crippen MR) is 131 cm³/mol. The van der Waals surface area contributed by atoms with Crippen LogP contribution in [0.5, 0.6) is 5.75 Å². The number of nitrogens with one attached hydrogen (secondary N) is 2. The SMILES string of the molecule is C/C=C(OC)\C(NSC1CC1c1ccc(OC)c(F)c1)=C(\Nc1ccc(C)cc1F)N(C)C=O. The highest BCUT2D eigenvalue weighted by Gasteiger charge is 2.40. The van der Waals surface area contributed by atoms with Crippen LogP contribution in [0.25, 0.3) is 0 Å². The molecule has 0 bridgehead atoms. The van der Waals surface area contributed by atoms with Gasteiger partial charge in [0.25, 0.3) is 0 Å². The van der Waals surface area contributed by atoms with Gasteiger partial charge in [0.15, 0.2) is 11.6 Å². The smallest absolute Gasteiger partial charge is 0.215 e. The fourth-order valence-electron chi connectivity index (χ4n) is 3.51. The number of carbonyl (C=O) groups is 1. The maximum absolute atomic E-state index is 14.6. The van der Waals surface area contributed by atoms with Crippen molar-refractivity contribution in [2.75, 3.05) is 26.6 Å². The first-order valence-electron chi connectivity index (χ1n) is 10.7. The van der Waals surface area contributed by atoms with Crippen LogP contribution in [-0.2, 0) is 9.53 Å². The Morgan fingerprint density at radius 3 is 2.53 bits per heavy atom. The molecule has 1 aliphatic rings. The molecule has 2 atom stereocenters. The summed E-state index contributed by atoms with van der Waals surface area (Å²) in [5.41, 5.74) is 2.39. The van der Waals surface area contributed by atoms with Crippen molar-refractivity contribution in [3.63, 3.8) is 0 Å². The average molecular weight is 490 g/mol. The van der Waals surface area contributed by atoms with Crippen LogP contribution in [0.15, 0.2) is 59.8 Å². The van der Waals surface area contributed by atoms with Gasteiger partial charge in [-0.25, -0.2) is 8.78 Å². The van der Waals surface area contributed by atoms with E-state index in [2.05, 4.69) is 10.0 Å². The van der Waals surface area contributed by atoms with Crippen molar-refractivity contribution in [2.45, 2.75) is 31.4 Å². The lowest BCUT2D eigenvalue weighted by Gasteiger charge is -2.24. The third kappa shape index (κ3) is 5.83. The van der Waals surface area contributed by atoms with E-state index in [-0.39, 0.29) is 28.4 Å². The number of hydrogen-bond acceptors (Lipinski definition) is 6. The summed E-state index contributed by atoms with van der Waals surface area (Å²) in [6, 6.07) is 9.80. The van der Waals surface area contributed by atoms with E-state index >= 15 is 0 Å². The molecule has 2 N–H and O–H groups in total. The fourth-order valence-corrected chi connectivity index (χ4v) is 4.60. The van der Waals surface area contributed by atoms with E-state index in [0.717, 1.165) is 17.5 Å². The van der Waals surface area contributed by atoms with Crippen LogP contribution in [0, 0.1) is 18.6 Å². The maximum Gasteiger partial charge on any atom is 0.215 e. The highest BCUT2D eigenvalue weighted by Crippen LogP contribution is 2.49. The Hall–Kier alpha value is -3.20. The van der Waals surface area contributed by atoms with E-state index in [0.29, 0.717) is 23.7 Å². The molecule has 1 saturated carbocycles. The van der Waals surface area contributed by atoms with Crippen LogP contribution in [0.4, 0.5) is 14.5 Å². The lowest BCUT2D eigenvalue weighted by Crippen LogP contribution is -2.28. The van der Waals surface area contributed by atoms with Gasteiger partial charge >= 0.3 is 0 Å². The van der Waals surface area contributed by atoms with Gasteiger partial charge in [-0.15, -0.1) is 0 Å². The van der Waals surface area contributed by atoms with Gasteiger partial charge in [0, 0.05) is 12.3 Å². The van der Waals surface area contributed by atoms with Crippen molar-refractivity contribution < 1.29 is 23.0 Å². The van der Waals surface area contributed by atoms with Gasteiger partial charge in [0.05, 0.1) is 19.9 Å². The van der Waals surface area contributed by atoms with Crippen LogP contribution in [0.2, 0.25) is 0 Å². The largest absolute Gasteiger partial charge is 0.495 e. The Bertz CT molecular complexity index is 1110. The summed E-state index contributed by atoms with van der Waals surface area (Å²) in [7, 11) is 4.52. The second-order valence-corrected chi connectivity index (χ2v) is 8.95. The molecule has 1 aliphatic carbocycles. The Morgan fingerprint density at radius 2 is 1.94 bits per heavy atom. The van der Waals surface area contributed by atoms with Gasteiger partial charge in [-0.1, -0.05) is 12.1 Å². The summed E-state index contributed by atoms with van der Waals surface area (Å²) >= 11 is 1.44. The number of allylic oxidation sites excluding steroid dienone is 1. The number of aryl methyl sites for hydroxylation is 1. The zero-order chi connectivity index (χ0) is 24.8. The Kier molecular flexibility index (Phi) is 8.44. The number of hydrogen-bond donors (Lipinski definition) is 2. The highest BCUT2D eigenvalue weighted by atomic mass is 32.2. The average Bonchev–Trinajstić information content (AvgIpc) is 3.61. The van der Waals surface area contributed by atoms with Crippen LogP contribution >= 0.6 is 11.9 Å². The molecule has 0 radical (unpaired) electrons. The monoisotopic (exact) mass is 489 g/mol. The van der Waals surface area contributed by atoms with Crippen molar-refractivity contribution in [1.82, 2.24) is 9.62 Å². The molecule has 0 aromatic heterocycles. The summed E-state index contributed by atoms with van der Waals surface area (Å²) in [5, 5.41) is 3.20. The predicted octanol–water partition coefficient (Wildman–Crippen LogP) is 5.30. The molecular weight excluding hydrogens is 460 g/mol. The van der Waals surface area contributed by atoms with Crippen molar-refractivity contribution in [3.8, 4) is 5.75 Å². The molecule has 2 unspecified atom stereocenters. The van der Waals surface area contributed by atoms with Crippen LogP contribution in [0.1, 0.15) is 30.4 Å². The summed E-state index contributed by atoms with van der Waals surface area (Å²) in [6.45, 7) is 3.60. The number of halogens is 2. The quantitative estimate of drug-likeness (QED) is 0.193. The third-order valence-corrected chi connectivity index (χ3v) is 6.65. The van der Waals surface area contributed by atoms with Gasteiger partial charge in [-0.3, -0.25) is 4.79 Å². The van der Waals surface area contributed by atoms with Gasteiger partial charge in [0.2, 0.25) is 6.41 Å². The molecule has 9 heteroatoms. The first-order valence-corrected chi connectivity index (χ1v) is 11.6. The minimum absolute atomic E-state index is 0.172. The van der Waals surface area contributed by atoms with E-state index in [1.165, 1.54) is 43.2 Å².